The van der Waals surface area contributed by atoms with Crippen LogP contribution in [0.1, 0.15) is 27.2 Å². The summed E-state index contributed by atoms with van der Waals surface area (Å²) in [6, 6.07) is 0. The zero-order valence-electron chi connectivity index (χ0n) is 12.3. The van der Waals surface area contributed by atoms with Gasteiger partial charge in [-0.2, -0.15) is 0 Å². The third-order valence-electron chi connectivity index (χ3n) is 2.98. The Labute approximate surface area is 122 Å². The number of carboxylic acids is 1. The van der Waals surface area contributed by atoms with Gasteiger partial charge in [0.05, 0.1) is 12.7 Å². The van der Waals surface area contributed by atoms with E-state index in [4.69, 9.17) is 10.2 Å². The number of hydrogen-bond donors (Lipinski definition) is 7. The quantitative estimate of drug-likeness (QED) is 0.236. The molecule has 0 bridgehead atoms. The molecule has 21 heavy (non-hydrogen) atoms. The van der Waals surface area contributed by atoms with Crippen molar-refractivity contribution in [1.82, 2.24) is 4.90 Å². The van der Waals surface area contributed by atoms with Gasteiger partial charge in [-0.1, -0.05) is 0 Å². The van der Waals surface area contributed by atoms with Gasteiger partial charge in [-0.15, -0.1) is 0 Å². The molecule has 7 N–H and O–H groups in total. The van der Waals surface area contributed by atoms with E-state index in [1.54, 1.807) is 20.8 Å². The smallest absolute Gasteiger partial charge is 0.310 e. The van der Waals surface area contributed by atoms with Crippen LogP contribution in [0.25, 0.3) is 0 Å². The molecule has 0 radical (unpaired) electrons. The Morgan fingerprint density at radius 1 is 1.10 bits per heavy atom. The van der Waals surface area contributed by atoms with Crippen LogP contribution in [-0.2, 0) is 4.79 Å². The minimum Gasteiger partial charge on any atom is -0.481 e. The Morgan fingerprint density at radius 3 is 1.90 bits per heavy atom. The van der Waals surface area contributed by atoms with Crippen molar-refractivity contribution in [3.8, 4) is 0 Å². The van der Waals surface area contributed by atoms with Crippen molar-refractivity contribution in [1.29, 1.82) is 0 Å². The van der Waals surface area contributed by atoms with E-state index in [2.05, 4.69) is 0 Å². The molecule has 0 aromatic heterocycles. The number of aliphatic hydroxyl groups is 6. The van der Waals surface area contributed by atoms with Crippen molar-refractivity contribution < 1.29 is 40.5 Å². The molecule has 0 amide bonds. The van der Waals surface area contributed by atoms with Gasteiger partial charge >= 0.3 is 5.97 Å². The molecular weight excluding hydrogens is 286 g/mol. The second-order valence-electron chi connectivity index (χ2n) is 5.93. The Bertz CT molecular complexity index is 341. The third-order valence-corrected chi connectivity index (χ3v) is 2.98. The first-order valence-corrected chi connectivity index (χ1v) is 6.42. The van der Waals surface area contributed by atoms with Crippen LogP contribution in [0.15, 0.2) is 0 Å². The van der Waals surface area contributed by atoms with Gasteiger partial charge < -0.3 is 35.7 Å². The molecular formula is C12H25NO8. The SMILES string of the molecule is CC(C)(C)N(CC(O)C(O)C(O)CO)C(O)(O)CC(=O)O. The summed E-state index contributed by atoms with van der Waals surface area (Å²) in [7, 11) is 0. The largest absolute Gasteiger partial charge is 0.481 e. The van der Waals surface area contributed by atoms with Gasteiger partial charge in [0.1, 0.15) is 18.6 Å². The van der Waals surface area contributed by atoms with Crippen molar-refractivity contribution >= 4 is 5.97 Å². The highest BCUT2D eigenvalue weighted by atomic mass is 16.5. The molecule has 0 aromatic rings. The number of aliphatic carboxylic acids is 1. The minimum atomic E-state index is -2.76. The molecule has 0 aliphatic heterocycles. The summed E-state index contributed by atoms with van der Waals surface area (Å²) in [5, 5.41) is 65.9. The van der Waals surface area contributed by atoms with Crippen LogP contribution in [-0.4, -0.2) is 89.5 Å². The fourth-order valence-electron chi connectivity index (χ4n) is 1.92. The van der Waals surface area contributed by atoms with Crippen molar-refractivity contribution in [3.05, 3.63) is 0 Å². The van der Waals surface area contributed by atoms with Crippen LogP contribution >= 0.6 is 0 Å². The number of carbonyl (C=O) groups is 1. The first-order valence-electron chi connectivity index (χ1n) is 6.42. The number of carboxylic acid groups (broad SMARTS) is 1. The minimum absolute atomic E-state index is 0.526. The summed E-state index contributed by atoms with van der Waals surface area (Å²) in [4.78, 5) is 11.6. The van der Waals surface area contributed by atoms with E-state index in [1.807, 2.05) is 0 Å². The molecule has 0 saturated carbocycles. The molecule has 9 heteroatoms. The maximum atomic E-state index is 10.7. The van der Waals surface area contributed by atoms with Gasteiger partial charge in [-0.05, 0) is 20.8 Å². The summed E-state index contributed by atoms with van der Waals surface area (Å²) in [5.74, 6) is -4.21. The first kappa shape index (κ1) is 20.2. The maximum Gasteiger partial charge on any atom is 0.310 e. The average molecular weight is 311 g/mol. The summed E-state index contributed by atoms with van der Waals surface area (Å²) >= 11 is 0. The standard InChI is InChI=1S/C12H25NO8/c1-11(2,3)13(12(20,21)4-9(17)18)5-7(15)10(19)8(16)6-14/h7-8,10,14-16,19-21H,4-6H2,1-3H3,(H,17,18). The van der Waals surface area contributed by atoms with Crippen molar-refractivity contribution in [2.45, 2.75) is 57.0 Å². The Kier molecular flexibility index (Phi) is 7.16. The van der Waals surface area contributed by atoms with E-state index in [0.717, 1.165) is 4.90 Å². The summed E-state index contributed by atoms with van der Waals surface area (Å²) in [6.07, 6.45) is -5.97. The van der Waals surface area contributed by atoms with Crippen molar-refractivity contribution in [3.63, 3.8) is 0 Å². The molecule has 0 fully saturated rings. The highest BCUT2D eigenvalue weighted by Crippen LogP contribution is 2.25. The summed E-state index contributed by atoms with van der Waals surface area (Å²) in [6.45, 7) is 3.35. The number of rotatable bonds is 8. The van der Waals surface area contributed by atoms with Crippen LogP contribution in [0.4, 0.5) is 0 Å². The summed E-state index contributed by atoms with van der Waals surface area (Å²) < 4.78 is 0. The molecule has 0 aromatic carbocycles. The Hall–Kier alpha value is -0.810. The van der Waals surface area contributed by atoms with Crippen LogP contribution in [0.2, 0.25) is 0 Å². The monoisotopic (exact) mass is 311 g/mol. The van der Waals surface area contributed by atoms with Crippen LogP contribution in [0, 0.1) is 0 Å². The number of hydrogen-bond acceptors (Lipinski definition) is 8. The molecule has 0 aliphatic carbocycles. The van der Waals surface area contributed by atoms with E-state index in [9.17, 15) is 30.3 Å². The van der Waals surface area contributed by atoms with Gasteiger partial charge in [0.25, 0.3) is 0 Å². The van der Waals surface area contributed by atoms with Crippen LogP contribution in [0.5, 0.6) is 0 Å². The lowest BCUT2D eigenvalue weighted by atomic mass is 10.00. The van der Waals surface area contributed by atoms with Gasteiger partial charge in [0.2, 0.25) is 5.91 Å². The molecule has 9 nitrogen and oxygen atoms in total. The maximum absolute atomic E-state index is 10.7. The van der Waals surface area contributed by atoms with E-state index in [0.29, 0.717) is 0 Å². The van der Waals surface area contributed by atoms with E-state index < -0.39 is 55.3 Å². The molecule has 0 spiro atoms. The van der Waals surface area contributed by atoms with Gasteiger partial charge in [0, 0.05) is 12.1 Å². The number of β-amino-alcohol motifs (C(OH)–C–C–N with tert-alkyl or cyclic N) is 1. The predicted octanol–water partition coefficient (Wildman–Crippen LogP) is -2.72. The zero-order valence-corrected chi connectivity index (χ0v) is 12.3. The molecule has 0 rings (SSSR count). The lowest BCUT2D eigenvalue weighted by Crippen LogP contribution is -2.62. The fourth-order valence-corrected chi connectivity index (χ4v) is 1.92. The molecule has 3 atom stereocenters. The lowest BCUT2D eigenvalue weighted by Gasteiger charge is -2.44. The summed E-state index contributed by atoms with van der Waals surface area (Å²) in [5.41, 5.74) is -0.955. The van der Waals surface area contributed by atoms with E-state index >= 15 is 0 Å². The van der Waals surface area contributed by atoms with Crippen LogP contribution < -0.4 is 0 Å². The Balaban J connectivity index is 5.16. The van der Waals surface area contributed by atoms with Crippen molar-refractivity contribution in [2.24, 2.45) is 0 Å². The first-order chi connectivity index (χ1) is 9.32. The van der Waals surface area contributed by atoms with Crippen molar-refractivity contribution in [2.75, 3.05) is 13.2 Å². The van der Waals surface area contributed by atoms with Crippen LogP contribution in [0.3, 0.4) is 0 Å². The molecule has 0 saturated heterocycles. The van der Waals surface area contributed by atoms with Gasteiger partial charge in [-0.3, -0.25) is 4.79 Å². The second-order valence-corrected chi connectivity index (χ2v) is 5.93. The molecule has 3 unspecified atom stereocenters. The second kappa shape index (κ2) is 7.45. The van der Waals surface area contributed by atoms with E-state index in [-0.39, 0.29) is 0 Å². The topological polar surface area (TPSA) is 162 Å². The fraction of sp³-hybridized carbons (Fsp3) is 0.917. The normalized spacial score (nSPS) is 17.6. The Morgan fingerprint density at radius 2 is 1.57 bits per heavy atom. The molecule has 126 valence electrons. The van der Waals surface area contributed by atoms with Gasteiger partial charge in [-0.25, -0.2) is 4.90 Å². The average Bonchev–Trinajstić information content (AvgIpc) is 2.30. The van der Waals surface area contributed by atoms with Gasteiger partial charge in [0.15, 0.2) is 0 Å². The predicted molar refractivity (Wildman–Crippen MR) is 71.0 cm³/mol. The highest BCUT2D eigenvalue weighted by Gasteiger charge is 2.43. The lowest BCUT2D eigenvalue weighted by molar-refractivity contribution is -0.294. The highest BCUT2D eigenvalue weighted by molar-refractivity contribution is 5.67. The zero-order chi connectivity index (χ0) is 17.0. The molecule has 0 heterocycles. The number of aliphatic hydroxyl groups excluding tert-OH is 4. The van der Waals surface area contributed by atoms with E-state index in [1.165, 1.54) is 0 Å². The third kappa shape index (κ3) is 6.22. The molecule has 0 aliphatic rings. The number of nitrogens with zero attached hydrogens (tertiary/aromatic N) is 1.